The number of hydrogen-bond acceptors (Lipinski definition) is 4. The summed E-state index contributed by atoms with van der Waals surface area (Å²) >= 11 is 0. The molecule has 0 saturated carbocycles. The molecule has 120 valence electrons. The van der Waals surface area contributed by atoms with Crippen molar-refractivity contribution in [2.24, 2.45) is 16.6 Å². The molecule has 7 heteroatoms. The third-order valence-corrected chi connectivity index (χ3v) is 3.99. The third-order valence-electron chi connectivity index (χ3n) is 3.99. The Kier molecular flexibility index (Phi) is 5.19. The van der Waals surface area contributed by atoms with Crippen LogP contribution in [0.4, 0.5) is 5.69 Å². The van der Waals surface area contributed by atoms with Crippen LogP contribution in [-0.4, -0.2) is 36.0 Å². The van der Waals surface area contributed by atoms with E-state index in [1.165, 1.54) is 19.2 Å². The van der Waals surface area contributed by atoms with E-state index in [1.54, 1.807) is 6.07 Å². The van der Waals surface area contributed by atoms with Gasteiger partial charge in [-0.2, -0.15) is 0 Å². The van der Waals surface area contributed by atoms with Gasteiger partial charge in [0.05, 0.1) is 18.6 Å². The van der Waals surface area contributed by atoms with Crippen molar-refractivity contribution in [3.8, 4) is 5.75 Å². The molecule has 7 nitrogen and oxygen atoms in total. The van der Waals surface area contributed by atoms with E-state index in [1.807, 2.05) is 0 Å². The summed E-state index contributed by atoms with van der Waals surface area (Å²) in [6, 6.07) is 4.48. The van der Waals surface area contributed by atoms with Crippen LogP contribution >= 0.6 is 0 Å². The van der Waals surface area contributed by atoms with Crippen LogP contribution in [-0.2, 0) is 6.54 Å². The van der Waals surface area contributed by atoms with Crippen molar-refractivity contribution in [3.63, 3.8) is 0 Å². The Labute approximate surface area is 129 Å². The lowest BCUT2D eigenvalue weighted by atomic mass is 10.00. The second-order valence-electron chi connectivity index (χ2n) is 5.60. The Hall–Kier alpha value is -2.31. The number of methoxy groups -OCH3 is 1. The summed E-state index contributed by atoms with van der Waals surface area (Å²) in [4.78, 5) is 16.9. The minimum absolute atomic E-state index is 0.0244. The van der Waals surface area contributed by atoms with E-state index in [0.29, 0.717) is 17.3 Å². The van der Waals surface area contributed by atoms with Gasteiger partial charge in [-0.05, 0) is 24.8 Å². The molecule has 22 heavy (non-hydrogen) atoms. The van der Waals surface area contributed by atoms with Gasteiger partial charge in [0, 0.05) is 30.8 Å². The number of non-ortho nitro benzene ring substituents is 1. The number of nitro benzene ring substituents is 1. The zero-order valence-corrected chi connectivity index (χ0v) is 13.0. The monoisotopic (exact) mass is 306 g/mol. The number of benzene rings is 1. The molecule has 0 spiro atoms. The van der Waals surface area contributed by atoms with Gasteiger partial charge >= 0.3 is 0 Å². The van der Waals surface area contributed by atoms with E-state index in [9.17, 15) is 10.1 Å². The average Bonchev–Trinajstić information content (AvgIpc) is 2.52. The molecular formula is C15H22N4O3. The van der Waals surface area contributed by atoms with Gasteiger partial charge in [0.1, 0.15) is 5.75 Å². The summed E-state index contributed by atoms with van der Waals surface area (Å²) in [5.74, 6) is 1.79. The van der Waals surface area contributed by atoms with E-state index < -0.39 is 4.92 Å². The Balaban J connectivity index is 2.10. The molecule has 1 aromatic carbocycles. The van der Waals surface area contributed by atoms with Gasteiger partial charge in [-0.15, -0.1) is 0 Å². The van der Waals surface area contributed by atoms with Crippen molar-refractivity contribution in [2.45, 2.75) is 26.3 Å². The first kappa shape index (κ1) is 16.1. The molecule has 2 N–H and O–H groups in total. The number of guanidine groups is 1. The highest BCUT2D eigenvalue weighted by Gasteiger charge is 2.17. The first-order valence-corrected chi connectivity index (χ1v) is 7.37. The second kappa shape index (κ2) is 7.11. The number of nitrogens with two attached hydrogens (primary N) is 1. The van der Waals surface area contributed by atoms with Crippen molar-refractivity contribution in [3.05, 3.63) is 33.9 Å². The fourth-order valence-electron chi connectivity index (χ4n) is 2.51. The van der Waals surface area contributed by atoms with Gasteiger partial charge in [-0.3, -0.25) is 10.1 Å². The molecule has 0 atom stereocenters. The smallest absolute Gasteiger partial charge is 0.270 e. The molecule has 1 aliphatic rings. The number of piperidine rings is 1. The fourth-order valence-corrected chi connectivity index (χ4v) is 2.51. The standard InChI is InChI=1S/C15H22N4O3/c1-11-5-7-18(8-6-11)15(16)17-10-12-9-13(19(20)21)3-4-14(12)22-2/h3-4,9,11H,5-8,10H2,1-2H3,(H2,16,17). The molecule has 0 bridgehead atoms. The molecule has 0 aliphatic carbocycles. The lowest BCUT2D eigenvalue weighted by Crippen LogP contribution is -2.42. The van der Waals surface area contributed by atoms with Crippen LogP contribution in [0.2, 0.25) is 0 Å². The fraction of sp³-hybridized carbons (Fsp3) is 0.533. The molecule has 1 aromatic rings. The first-order chi connectivity index (χ1) is 10.5. The number of rotatable bonds is 4. The maximum Gasteiger partial charge on any atom is 0.270 e. The van der Waals surface area contributed by atoms with Crippen LogP contribution in [0, 0.1) is 16.0 Å². The van der Waals surface area contributed by atoms with Crippen molar-refractivity contribution < 1.29 is 9.66 Å². The molecule has 0 amide bonds. The van der Waals surface area contributed by atoms with Crippen LogP contribution in [0.5, 0.6) is 5.75 Å². The predicted octanol–water partition coefficient (Wildman–Crippen LogP) is 2.15. The second-order valence-corrected chi connectivity index (χ2v) is 5.60. The van der Waals surface area contributed by atoms with E-state index in [0.717, 1.165) is 31.8 Å². The molecule has 2 rings (SSSR count). The molecule has 1 aliphatic heterocycles. The summed E-state index contributed by atoms with van der Waals surface area (Å²) in [6.07, 6.45) is 2.21. The maximum absolute atomic E-state index is 10.9. The number of likely N-dealkylation sites (tertiary alicyclic amines) is 1. The number of aliphatic imine (C=N–C) groups is 1. The van der Waals surface area contributed by atoms with Gasteiger partial charge in [0.15, 0.2) is 5.96 Å². The molecule has 0 radical (unpaired) electrons. The molecule has 1 fully saturated rings. The van der Waals surface area contributed by atoms with Gasteiger partial charge < -0.3 is 15.4 Å². The van der Waals surface area contributed by atoms with Crippen LogP contribution < -0.4 is 10.5 Å². The number of nitro groups is 1. The summed E-state index contributed by atoms with van der Waals surface area (Å²) in [7, 11) is 1.53. The van der Waals surface area contributed by atoms with Gasteiger partial charge in [0.25, 0.3) is 5.69 Å². The normalized spacial score (nSPS) is 16.6. The van der Waals surface area contributed by atoms with Gasteiger partial charge in [-0.25, -0.2) is 4.99 Å². The van der Waals surface area contributed by atoms with E-state index in [2.05, 4.69) is 16.8 Å². The number of hydrogen-bond donors (Lipinski definition) is 1. The van der Waals surface area contributed by atoms with E-state index in [4.69, 9.17) is 10.5 Å². The molecule has 1 saturated heterocycles. The largest absolute Gasteiger partial charge is 0.496 e. The Bertz CT molecular complexity index is 566. The maximum atomic E-state index is 10.9. The van der Waals surface area contributed by atoms with Crippen molar-refractivity contribution in [1.82, 2.24) is 4.90 Å². The highest BCUT2D eigenvalue weighted by atomic mass is 16.6. The van der Waals surface area contributed by atoms with Gasteiger partial charge in [-0.1, -0.05) is 6.92 Å². The zero-order chi connectivity index (χ0) is 16.1. The van der Waals surface area contributed by atoms with Crippen LogP contribution in [0.1, 0.15) is 25.3 Å². The van der Waals surface area contributed by atoms with E-state index >= 15 is 0 Å². The Morgan fingerprint density at radius 1 is 1.50 bits per heavy atom. The molecule has 1 heterocycles. The zero-order valence-electron chi connectivity index (χ0n) is 13.0. The quantitative estimate of drug-likeness (QED) is 0.398. The highest BCUT2D eigenvalue weighted by Crippen LogP contribution is 2.24. The highest BCUT2D eigenvalue weighted by molar-refractivity contribution is 5.78. The van der Waals surface area contributed by atoms with Crippen molar-refractivity contribution in [2.75, 3.05) is 20.2 Å². The average molecular weight is 306 g/mol. The topological polar surface area (TPSA) is 94.0 Å². The first-order valence-electron chi connectivity index (χ1n) is 7.37. The number of nitrogens with zero attached hydrogens (tertiary/aromatic N) is 3. The number of ether oxygens (including phenoxy) is 1. The molecule has 0 unspecified atom stereocenters. The summed E-state index contributed by atoms with van der Waals surface area (Å²) in [5.41, 5.74) is 6.71. The Morgan fingerprint density at radius 3 is 2.77 bits per heavy atom. The minimum Gasteiger partial charge on any atom is -0.496 e. The van der Waals surface area contributed by atoms with Gasteiger partial charge in [0.2, 0.25) is 0 Å². The summed E-state index contributed by atoms with van der Waals surface area (Å²) in [6.45, 7) is 4.31. The van der Waals surface area contributed by atoms with E-state index in [-0.39, 0.29) is 12.2 Å². The lowest BCUT2D eigenvalue weighted by Gasteiger charge is -2.31. The van der Waals surface area contributed by atoms with Crippen molar-refractivity contribution >= 4 is 11.6 Å². The predicted molar refractivity (Wildman–Crippen MR) is 84.9 cm³/mol. The minimum atomic E-state index is -0.429. The lowest BCUT2D eigenvalue weighted by molar-refractivity contribution is -0.384. The molecule has 0 aromatic heterocycles. The summed E-state index contributed by atoms with van der Waals surface area (Å²) < 4.78 is 5.23. The SMILES string of the molecule is COc1ccc([N+](=O)[O-])cc1CN=C(N)N1CCC(C)CC1. The third kappa shape index (κ3) is 3.87. The van der Waals surface area contributed by atoms with Crippen LogP contribution in [0.25, 0.3) is 0 Å². The van der Waals surface area contributed by atoms with Crippen molar-refractivity contribution in [1.29, 1.82) is 0 Å². The molecular weight excluding hydrogens is 284 g/mol. The Morgan fingerprint density at radius 2 is 2.18 bits per heavy atom. The van der Waals surface area contributed by atoms with Crippen LogP contribution in [0.3, 0.4) is 0 Å². The summed E-state index contributed by atoms with van der Waals surface area (Å²) in [5, 5.41) is 10.9. The van der Waals surface area contributed by atoms with Crippen LogP contribution in [0.15, 0.2) is 23.2 Å².